The molecule has 0 radical (unpaired) electrons. The van der Waals surface area contributed by atoms with Gasteiger partial charge in [0.25, 0.3) is 5.91 Å². The maximum Gasteiger partial charge on any atom is 0.255 e. The second-order valence-electron chi connectivity index (χ2n) is 6.27. The smallest absolute Gasteiger partial charge is 0.255 e. The Morgan fingerprint density at radius 2 is 2.12 bits per heavy atom. The highest BCUT2D eigenvalue weighted by atomic mass is 32.1. The zero-order valence-corrected chi connectivity index (χ0v) is 15.1. The Kier molecular flexibility index (Phi) is 4.62. The van der Waals surface area contributed by atoms with Gasteiger partial charge in [0.15, 0.2) is 0 Å². The molecule has 1 amide bonds. The molecule has 7 heteroatoms. The van der Waals surface area contributed by atoms with Gasteiger partial charge in [-0.3, -0.25) is 9.78 Å². The van der Waals surface area contributed by atoms with E-state index in [1.165, 1.54) is 11.5 Å². The second kappa shape index (κ2) is 7.21. The first-order chi connectivity index (χ1) is 12.8. The lowest BCUT2D eigenvalue weighted by molar-refractivity contribution is 0.0788. The van der Waals surface area contributed by atoms with E-state index in [1.54, 1.807) is 31.6 Å². The quantitative estimate of drug-likeness (QED) is 0.710. The molecular formula is C19H18N4O2S. The summed E-state index contributed by atoms with van der Waals surface area (Å²) in [6, 6.07) is 11.6. The zero-order valence-electron chi connectivity index (χ0n) is 14.3. The van der Waals surface area contributed by atoms with Gasteiger partial charge in [-0.1, -0.05) is 16.6 Å². The summed E-state index contributed by atoms with van der Waals surface area (Å²) in [4.78, 5) is 18.8. The van der Waals surface area contributed by atoms with Gasteiger partial charge in [-0.05, 0) is 41.4 Å². The maximum absolute atomic E-state index is 12.9. The molecule has 1 aliphatic heterocycles. The Morgan fingerprint density at radius 1 is 1.23 bits per heavy atom. The van der Waals surface area contributed by atoms with Crippen molar-refractivity contribution in [2.24, 2.45) is 0 Å². The van der Waals surface area contributed by atoms with Crippen LogP contribution in [0.15, 0.2) is 54.2 Å². The Labute approximate surface area is 155 Å². The number of ether oxygens (including phenoxy) is 1. The van der Waals surface area contributed by atoms with Gasteiger partial charge in [-0.2, -0.15) is 0 Å². The number of carbonyl (C=O) groups is 1. The first-order valence-electron chi connectivity index (χ1n) is 8.36. The second-order valence-corrected chi connectivity index (χ2v) is 6.88. The molecule has 0 bridgehead atoms. The average molecular weight is 366 g/mol. The van der Waals surface area contributed by atoms with E-state index in [-0.39, 0.29) is 17.7 Å². The van der Waals surface area contributed by atoms with Crippen LogP contribution in [0.5, 0.6) is 5.75 Å². The Bertz CT molecular complexity index is 886. The van der Waals surface area contributed by atoms with E-state index in [4.69, 9.17) is 4.74 Å². The van der Waals surface area contributed by atoms with E-state index in [0.717, 1.165) is 17.0 Å². The van der Waals surface area contributed by atoms with Crippen LogP contribution in [-0.4, -0.2) is 45.6 Å². The van der Waals surface area contributed by atoms with E-state index < -0.39 is 0 Å². The molecule has 132 valence electrons. The van der Waals surface area contributed by atoms with Crippen molar-refractivity contribution in [1.82, 2.24) is 19.5 Å². The van der Waals surface area contributed by atoms with Crippen molar-refractivity contribution in [1.29, 1.82) is 0 Å². The largest absolute Gasteiger partial charge is 0.497 e. The average Bonchev–Trinajstić information content (AvgIpc) is 3.38. The lowest BCUT2D eigenvalue weighted by Gasteiger charge is -2.17. The number of methoxy groups -OCH3 is 1. The van der Waals surface area contributed by atoms with Crippen LogP contribution in [-0.2, 0) is 0 Å². The van der Waals surface area contributed by atoms with E-state index in [9.17, 15) is 4.79 Å². The van der Waals surface area contributed by atoms with Crippen molar-refractivity contribution in [3.8, 4) is 5.75 Å². The Balaban J connectivity index is 1.66. The van der Waals surface area contributed by atoms with Crippen molar-refractivity contribution < 1.29 is 9.53 Å². The number of amides is 1. The molecule has 2 aromatic heterocycles. The highest BCUT2D eigenvalue weighted by molar-refractivity contribution is 7.03. The minimum absolute atomic E-state index is 0.00307. The van der Waals surface area contributed by atoms with Gasteiger partial charge >= 0.3 is 0 Å². The molecule has 0 spiro atoms. The van der Waals surface area contributed by atoms with Crippen molar-refractivity contribution in [2.45, 2.75) is 11.8 Å². The molecule has 0 unspecified atom stereocenters. The Morgan fingerprint density at radius 3 is 2.85 bits per heavy atom. The molecule has 0 saturated carbocycles. The van der Waals surface area contributed by atoms with E-state index >= 15 is 0 Å². The van der Waals surface area contributed by atoms with Gasteiger partial charge in [0, 0.05) is 42.7 Å². The van der Waals surface area contributed by atoms with Gasteiger partial charge < -0.3 is 9.64 Å². The van der Waals surface area contributed by atoms with Crippen LogP contribution in [0.3, 0.4) is 0 Å². The minimum atomic E-state index is -0.00307. The number of rotatable bonds is 4. The van der Waals surface area contributed by atoms with Gasteiger partial charge in [-0.25, -0.2) is 0 Å². The van der Waals surface area contributed by atoms with Crippen molar-refractivity contribution in [3.05, 3.63) is 71.0 Å². The monoisotopic (exact) mass is 366 g/mol. The predicted octanol–water partition coefficient (Wildman–Crippen LogP) is 2.97. The molecule has 1 aromatic carbocycles. The summed E-state index contributed by atoms with van der Waals surface area (Å²) in [5.41, 5.74) is 2.68. The fraction of sp³-hybridized carbons (Fsp3) is 0.263. The predicted molar refractivity (Wildman–Crippen MR) is 98.5 cm³/mol. The number of nitrogens with zero attached hydrogens (tertiary/aromatic N) is 4. The first kappa shape index (κ1) is 16.7. The van der Waals surface area contributed by atoms with Crippen LogP contribution >= 0.6 is 11.5 Å². The molecule has 3 aromatic rings. The van der Waals surface area contributed by atoms with Crippen molar-refractivity contribution in [3.63, 3.8) is 0 Å². The molecule has 3 heterocycles. The summed E-state index contributed by atoms with van der Waals surface area (Å²) >= 11 is 1.34. The minimum Gasteiger partial charge on any atom is -0.497 e. The molecule has 1 aliphatic rings. The third-order valence-corrected chi connectivity index (χ3v) is 5.32. The maximum atomic E-state index is 12.9. The third-order valence-electron chi connectivity index (χ3n) is 4.79. The highest BCUT2D eigenvalue weighted by Crippen LogP contribution is 2.40. The summed E-state index contributed by atoms with van der Waals surface area (Å²) in [6.45, 7) is 1.24. The van der Waals surface area contributed by atoms with Crippen molar-refractivity contribution >= 4 is 17.4 Å². The van der Waals surface area contributed by atoms with Gasteiger partial charge in [0.1, 0.15) is 5.75 Å². The number of likely N-dealkylation sites (tertiary alicyclic amines) is 1. The van der Waals surface area contributed by atoms with E-state index in [1.807, 2.05) is 28.5 Å². The van der Waals surface area contributed by atoms with Crippen LogP contribution in [0.1, 0.15) is 33.5 Å². The van der Waals surface area contributed by atoms with Gasteiger partial charge in [-0.15, -0.1) is 5.10 Å². The molecule has 2 atom stereocenters. The standard InChI is InChI=1S/C19H18N4O2S/c1-25-15-6-2-4-13(8-15)16-10-23(11-17(16)18-12-26-22-21-18)19(24)14-5-3-7-20-9-14/h2-9,12,16-17H,10-11H2,1H3/t16-,17+/m1/s1. The number of aromatic nitrogens is 3. The molecule has 26 heavy (non-hydrogen) atoms. The summed E-state index contributed by atoms with van der Waals surface area (Å²) < 4.78 is 9.38. The molecule has 4 rings (SSSR count). The number of hydrogen-bond acceptors (Lipinski definition) is 6. The lowest BCUT2D eigenvalue weighted by atomic mass is 9.87. The topological polar surface area (TPSA) is 68.2 Å². The molecule has 0 aliphatic carbocycles. The Hall–Kier alpha value is -2.80. The number of pyridine rings is 1. The summed E-state index contributed by atoms with van der Waals surface area (Å²) in [7, 11) is 1.66. The van der Waals surface area contributed by atoms with Crippen LogP contribution in [0, 0.1) is 0 Å². The normalized spacial score (nSPS) is 19.5. The van der Waals surface area contributed by atoms with Crippen LogP contribution in [0.25, 0.3) is 0 Å². The summed E-state index contributed by atoms with van der Waals surface area (Å²) in [6.07, 6.45) is 3.28. The van der Waals surface area contributed by atoms with Gasteiger partial charge in [0.05, 0.1) is 18.4 Å². The number of carbonyl (C=O) groups excluding carboxylic acids is 1. The third kappa shape index (κ3) is 3.17. The molecule has 6 nitrogen and oxygen atoms in total. The summed E-state index contributed by atoms with van der Waals surface area (Å²) in [5.74, 6) is 1.07. The lowest BCUT2D eigenvalue weighted by Crippen LogP contribution is -2.28. The molecule has 0 N–H and O–H groups in total. The highest BCUT2D eigenvalue weighted by Gasteiger charge is 2.38. The number of benzene rings is 1. The molecule has 1 fully saturated rings. The van der Waals surface area contributed by atoms with E-state index in [2.05, 4.69) is 20.6 Å². The van der Waals surface area contributed by atoms with Crippen LogP contribution in [0.4, 0.5) is 0 Å². The van der Waals surface area contributed by atoms with Gasteiger partial charge in [0.2, 0.25) is 0 Å². The van der Waals surface area contributed by atoms with Crippen LogP contribution < -0.4 is 4.74 Å². The molecular weight excluding hydrogens is 348 g/mol. The fourth-order valence-corrected chi connectivity index (χ4v) is 4.00. The van der Waals surface area contributed by atoms with Crippen LogP contribution in [0.2, 0.25) is 0 Å². The summed E-state index contributed by atoms with van der Waals surface area (Å²) in [5, 5.41) is 6.24. The number of hydrogen-bond donors (Lipinski definition) is 0. The fourth-order valence-electron chi connectivity index (χ4n) is 3.48. The molecule has 1 saturated heterocycles. The zero-order chi connectivity index (χ0) is 17.9. The SMILES string of the molecule is COc1cccc([C@H]2CN(C(=O)c3cccnc3)C[C@@H]2c2csnn2)c1. The van der Waals surface area contributed by atoms with E-state index in [0.29, 0.717) is 18.7 Å². The van der Waals surface area contributed by atoms with Crippen molar-refractivity contribution in [2.75, 3.05) is 20.2 Å². The first-order valence-corrected chi connectivity index (χ1v) is 9.20.